The van der Waals surface area contributed by atoms with Gasteiger partial charge in [-0.05, 0) is 38.0 Å². The number of hydrogen-bond acceptors (Lipinski definition) is 2. The lowest BCUT2D eigenvalue weighted by molar-refractivity contribution is 0.0572. The highest BCUT2D eigenvalue weighted by Crippen LogP contribution is 2.39. The molecule has 14 heavy (non-hydrogen) atoms. The van der Waals surface area contributed by atoms with E-state index >= 15 is 0 Å². The van der Waals surface area contributed by atoms with Crippen molar-refractivity contribution in [2.75, 3.05) is 19.8 Å². The van der Waals surface area contributed by atoms with Crippen LogP contribution < -0.4 is 0 Å². The second-order valence-corrected chi connectivity index (χ2v) is 4.52. The lowest BCUT2D eigenvalue weighted by Gasteiger charge is -2.35. The standard InChI is InChI=1S/C12H24O2/c1-2-14-10-6-9-12(11-13)7-4-3-5-8-12/h13H,2-11H2,1H3. The average Bonchev–Trinajstić information content (AvgIpc) is 2.26. The van der Waals surface area contributed by atoms with E-state index in [0.717, 1.165) is 26.1 Å². The molecule has 1 fully saturated rings. The van der Waals surface area contributed by atoms with E-state index in [1.54, 1.807) is 0 Å². The minimum atomic E-state index is 0.245. The quantitative estimate of drug-likeness (QED) is 0.668. The first kappa shape index (κ1) is 12.0. The summed E-state index contributed by atoms with van der Waals surface area (Å²) < 4.78 is 5.33. The molecule has 1 aliphatic rings. The molecule has 0 radical (unpaired) electrons. The summed E-state index contributed by atoms with van der Waals surface area (Å²) >= 11 is 0. The predicted molar refractivity (Wildman–Crippen MR) is 58.3 cm³/mol. The van der Waals surface area contributed by atoms with Gasteiger partial charge in [0.1, 0.15) is 0 Å². The van der Waals surface area contributed by atoms with Crippen molar-refractivity contribution in [3.63, 3.8) is 0 Å². The summed E-state index contributed by atoms with van der Waals surface area (Å²) in [6.07, 6.45) is 8.64. The van der Waals surface area contributed by atoms with Gasteiger partial charge in [0.05, 0.1) is 0 Å². The lowest BCUT2D eigenvalue weighted by Crippen LogP contribution is -2.28. The van der Waals surface area contributed by atoms with E-state index in [9.17, 15) is 5.11 Å². The molecule has 0 aliphatic heterocycles. The number of hydrogen-bond donors (Lipinski definition) is 1. The first-order valence-electron chi connectivity index (χ1n) is 6.01. The van der Waals surface area contributed by atoms with Crippen LogP contribution in [0, 0.1) is 5.41 Å². The van der Waals surface area contributed by atoms with Crippen molar-refractivity contribution in [2.24, 2.45) is 5.41 Å². The van der Waals surface area contributed by atoms with E-state index in [2.05, 4.69) is 0 Å². The maximum absolute atomic E-state index is 9.46. The largest absolute Gasteiger partial charge is 0.396 e. The third-order valence-corrected chi connectivity index (χ3v) is 3.45. The van der Waals surface area contributed by atoms with Gasteiger partial charge in [0, 0.05) is 19.8 Å². The summed E-state index contributed by atoms with van der Waals surface area (Å²) in [7, 11) is 0. The van der Waals surface area contributed by atoms with Crippen LogP contribution in [0.25, 0.3) is 0 Å². The highest BCUT2D eigenvalue weighted by molar-refractivity contribution is 4.81. The van der Waals surface area contributed by atoms with Crippen molar-refractivity contribution in [3.05, 3.63) is 0 Å². The fourth-order valence-electron chi connectivity index (χ4n) is 2.48. The van der Waals surface area contributed by atoms with Gasteiger partial charge in [-0.3, -0.25) is 0 Å². The Kier molecular flexibility index (Phi) is 5.49. The zero-order valence-electron chi connectivity index (χ0n) is 9.43. The molecule has 0 aromatic heterocycles. The van der Waals surface area contributed by atoms with Gasteiger partial charge < -0.3 is 9.84 Å². The van der Waals surface area contributed by atoms with Gasteiger partial charge in [-0.1, -0.05) is 19.3 Å². The topological polar surface area (TPSA) is 29.5 Å². The second kappa shape index (κ2) is 6.41. The molecule has 0 aromatic carbocycles. The number of aliphatic hydroxyl groups excluding tert-OH is 1. The summed E-state index contributed by atoms with van der Waals surface area (Å²) in [6, 6.07) is 0. The van der Waals surface area contributed by atoms with E-state index < -0.39 is 0 Å². The molecular formula is C12H24O2. The Morgan fingerprint density at radius 2 is 1.93 bits per heavy atom. The van der Waals surface area contributed by atoms with Crippen molar-refractivity contribution in [1.29, 1.82) is 0 Å². The van der Waals surface area contributed by atoms with Gasteiger partial charge >= 0.3 is 0 Å². The normalized spacial score (nSPS) is 21.0. The lowest BCUT2D eigenvalue weighted by atomic mass is 9.72. The van der Waals surface area contributed by atoms with Gasteiger partial charge in [0.2, 0.25) is 0 Å². The maximum atomic E-state index is 9.46. The molecule has 0 amide bonds. The van der Waals surface area contributed by atoms with Crippen molar-refractivity contribution >= 4 is 0 Å². The molecule has 1 aliphatic carbocycles. The van der Waals surface area contributed by atoms with E-state index in [0.29, 0.717) is 6.61 Å². The minimum Gasteiger partial charge on any atom is -0.396 e. The van der Waals surface area contributed by atoms with Crippen LogP contribution in [0.3, 0.4) is 0 Å². The Morgan fingerprint density at radius 1 is 1.21 bits per heavy atom. The Bertz CT molecular complexity index is 139. The Hall–Kier alpha value is -0.0800. The molecule has 2 nitrogen and oxygen atoms in total. The van der Waals surface area contributed by atoms with Crippen LogP contribution in [0.5, 0.6) is 0 Å². The van der Waals surface area contributed by atoms with Crippen LogP contribution in [-0.4, -0.2) is 24.9 Å². The molecule has 1 rings (SSSR count). The Morgan fingerprint density at radius 3 is 2.50 bits per heavy atom. The van der Waals surface area contributed by atoms with Crippen molar-refractivity contribution in [1.82, 2.24) is 0 Å². The predicted octanol–water partition coefficient (Wildman–Crippen LogP) is 2.75. The van der Waals surface area contributed by atoms with Gasteiger partial charge in [-0.15, -0.1) is 0 Å². The zero-order valence-corrected chi connectivity index (χ0v) is 9.43. The van der Waals surface area contributed by atoms with Crippen molar-refractivity contribution in [2.45, 2.75) is 51.9 Å². The molecule has 0 atom stereocenters. The van der Waals surface area contributed by atoms with Crippen LogP contribution in [0.1, 0.15) is 51.9 Å². The van der Waals surface area contributed by atoms with Gasteiger partial charge in [-0.2, -0.15) is 0 Å². The second-order valence-electron chi connectivity index (χ2n) is 4.52. The Balaban J connectivity index is 2.22. The maximum Gasteiger partial charge on any atom is 0.0487 e. The van der Waals surface area contributed by atoms with E-state index in [-0.39, 0.29) is 5.41 Å². The van der Waals surface area contributed by atoms with E-state index in [1.165, 1.54) is 32.1 Å². The van der Waals surface area contributed by atoms with Crippen LogP contribution in [0.2, 0.25) is 0 Å². The molecule has 0 unspecified atom stereocenters. The molecule has 0 aromatic rings. The summed E-state index contributed by atoms with van der Waals surface area (Å²) in [6.45, 7) is 4.08. The van der Waals surface area contributed by atoms with Gasteiger partial charge in [0.25, 0.3) is 0 Å². The molecule has 84 valence electrons. The fourth-order valence-corrected chi connectivity index (χ4v) is 2.48. The fraction of sp³-hybridized carbons (Fsp3) is 1.00. The molecule has 1 saturated carbocycles. The highest BCUT2D eigenvalue weighted by atomic mass is 16.5. The SMILES string of the molecule is CCOCCCC1(CO)CCCCC1. The average molecular weight is 200 g/mol. The number of rotatable bonds is 6. The first-order valence-corrected chi connectivity index (χ1v) is 6.01. The smallest absolute Gasteiger partial charge is 0.0487 e. The first-order chi connectivity index (χ1) is 6.83. The molecule has 0 spiro atoms. The molecule has 0 heterocycles. The summed E-state index contributed by atoms with van der Waals surface area (Å²) in [5, 5.41) is 9.46. The highest BCUT2D eigenvalue weighted by Gasteiger charge is 2.30. The summed E-state index contributed by atoms with van der Waals surface area (Å²) in [5.41, 5.74) is 0.245. The van der Waals surface area contributed by atoms with E-state index in [4.69, 9.17) is 4.74 Å². The summed E-state index contributed by atoms with van der Waals surface area (Å²) in [4.78, 5) is 0. The third kappa shape index (κ3) is 3.58. The van der Waals surface area contributed by atoms with Gasteiger partial charge in [-0.25, -0.2) is 0 Å². The van der Waals surface area contributed by atoms with Crippen molar-refractivity contribution in [3.8, 4) is 0 Å². The van der Waals surface area contributed by atoms with Crippen LogP contribution in [0.15, 0.2) is 0 Å². The third-order valence-electron chi connectivity index (χ3n) is 3.45. The minimum absolute atomic E-state index is 0.245. The van der Waals surface area contributed by atoms with Crippen molar-refractivity contribution < 1.29 is 9.84 Å². The monoisotopic (exact) mass is 200 g/mol. The molecule has 0 saturated heterocycles. The molecule has 1 N–H and O–H groups in total. The molecule has 2 heteroatoms. The number of ether oxygens (including phenoxy) is 1. The Labute approximate surface area is 87.7 Å². The van der Waals surface area contributed by atoms with Crippen LogP contribution >= 0.6 is 0 Å². The molecule has 0 bridgehead atoms. The van der Waals surface area contributed by atoms with Gasteiger partial charge in [0.15, 0.2) is 0 Å². The summed E-state index contributed by atoms with van der Waals surface area (Å²) in [5.74, 6) is 0. The number of aliphatic hydroxyl groups is 1. The van der Waals surface area contributed by atoms with Crippen LogP contribution in [-0.2, 0) is 4.74 Å². The molecular weight excluding hydrogens is 176 g/mol. The van der Waals surface area contributed by atoms with E-state index in [1.807, 2.05) is 6.92 Å². The van der Waals surface area contributed by atoms with Crippen LogP contribution in [0.4, 0.5) is 0 Å². The zero-order chi connectivity index (χ0) is 10.3.